The van der Waals surface area contributed by atoms with Crippen molar-refractivity contribution in [2.75, 3.05) is 26.2 Å². The number of carbonyl (C=O) groups excluding carboxylic acids is 1. The summed E-state index contributed by atoms with van der Waals surface area (Å²) in [4.78, 5) is 16.9. The molecule has 1 aliphatic carbocycles. The van der Waals surface area contributed by atoms with Gasteiger partial charge >= 0.3 is 0 Å². The average molecular weight is 346 g/mol. The van der Waals surface area contributed by atoms with Crippen LogP contribution >= 0.6 is 0 Å². The molecule has 0 bridgehead atoms. The summed E-state index contributed by atoms with van der Waals surface area (Å²) in [6.07, 6.45) is 4.79. The van der Waals surface area contributed by atoms with Crippen LogP contribution in [-0.2, 0) is 16.0 Å². The van der Waals surface area contributed by atoms with Crippen LogP contribution in [0.25, 0.3) is 0 Å². The summed E-state index contributed by atoms with van der Waals surface area (Å²) in [6, 6.07) is 7.33. The van der Waals surface area contributed by atoms with Crippen molar-refractivity contribution in [2.24, 2.45) is 0 Å². The Labute approximate surface area is 148 Å². The number of rotatable bonds is 4. The van der Waals surface area contributed by atoms with Gasteiger partial charge in [-0.1, -0.05) is 12.1 Å². The maximum absolute atomic E-state index is 13.3. The van der Waals surface area contributed by atoms with Gasteiger partial charge in [0.15, 0.2) is 0 Å². The van der Waals surface area contributed by atoms with Gasteiger partial charge in [0.1, 0.15) is 11.9 Å². The van der Waals surface area contributed by atoms with Gasteiger partial charge in [-0.3, -0.25) is 4.79 Å². The lowest BCUT2D eigenvalue weighted by atomic mass is 9.88. The quantitative estimate of drug-likeness (QED) is 0.840. The van der Waals surface area contributed by atoms with E-state index in [1.165, 1.54) is 6.07 Å². The smallest absolute Gasteiger partial charge is 0.251 e. The highest BCUT2D eigenvalue weighted by Gasteiger charge is 2.48. The van der Waals surface area contributed by atoms with Crippen molar-refractivity contribution in [2.45, 2.75) is 56.8 Å². The lowest BCUT2D eigenvalue weighted by Crippen LogP contribution is -2.61. The summed E-state index contributed by atoms with van der Waals surface area (Å²) >= 11 is 0. The zero-order chi connectivity index (χ0) is 17.4. The molecule has 0 radical (unpaired) electrons. The summed E-state index contributed by atoms with van der Waals surface area (Å²) in [5.41, 5.74) is 0.888. The van der Waals surface area contributed by atoms with Crippen molar-refractivity contribution in [3.05, 3.63) is 35.6 Å². The lowest BCUT2D eigenvalue weighted by Gasteiger charge is -2.49. The number of amides is 1. The highest BCUT2D eigenvalue weighted by molar-refractivity contribution is 5.82. The van der Waals surface area contributed by atoms with Gasteiger partial charge in [-0.15, -0.1) is 0 Å². The lowest BCUT2D eigenvalue weighted by molar-refractivity contribution is -0.190. The van der Waals surface area contributed by atoms with Crippen LogP contribution in [0, 0.1) is 5.82 Å². The van der Waals surface area contributed by atoms with Crippen LogP contribution in [0.3, 0.4) is 0 Å². The second-order valence-corrected chi connectivity index (χ2v) is 7.86. The van der Waals surface area contributed by atoms with Gasteiger partial charge in [0.05, 0.1) is 12.1 Å². The first-order valence-electron chi connectivity index (χ1n) is 9.50. The molecule has 1 atom stereocenters. The zero-order valence-electron chi connectivity index (χ0n) is 14.9. The molecule has 1 aromatic rings. The van der Waals surface area contributed by atoms with Crippen molar-refractivity contribution in [1.29, 1.82) is 0 Å². The van der Waals surface area contributed by atoms with Crippen LogP contribution in [0.5, 0.6) is 0 Å². The molecule has 0 aromatic heterocycles. The van der Waals surface area contributed by atoms with E-state index < -0.39 is 0 Å². The van der Waals surface area contributed by atoms with Crippen LogP contribution in [-0.4, -0.2) is 59.6 Å². The predicted octanol–water partition coefficient (Wildman–Crippen LogP) is 2.61. The standard InChI is InChI=1S/C20H27FN2O2/c1-15-19(24)23(18-5-6-18)14-20(25-15)8-11-22(12-9-20)10-7-16-3-2-4-17(21)13-16/h2-4,13,15,18H,5-12,14H2,1H3/t15-/m1/s1. The van der Waals surface area contributed by atoms with Crippen molar-refractivity contribution in [3.8, 4) is 0 Å². The SMILES string of the molecule is C[C@H]1OC2(CCN(CCc3cccc(F)c3)CC2)CN(C2CC2)C1=O. The fourth-order valence-electron chi connectivity index (χ4n) is 4.22. The summed E-state index contributed by atoms with van der Waals surface area (Å²) < 4.78 is 19.5. The average Bonchev–Trinajstić information content (AvgIpc) is 3.43. The number of likely N-dealkylation sites (tertiary alicyclic amines) is 1. The number of piperidine rings is 1. The van der Waals surface area contributed by atoms with Crippen LogP contribution in [0.1, 0.15) is 38.2 Å². The number of ether oxygens (including phenoxy) is 1. The molecule has 1 saturated carbocycles. The Balaban J connectivity index is 1.32. The first-order valence-corrected chi connectivity index (χ1v) is 9.50. The molecule has 25 heavy (non-hydrogen) atoms. The second-order valence-electron chi connectivity index (χ2n) is 7.86. The van der Waals surface area contributed by atoms with Gasteiger partial charge in [0.25, 0.3) is 5.91 Å². The van der Waals surface area contributed by atoms with E-state index in [0.29, 0.717) is 6.04 Å². The molecular formula is C20H27FN2O2. The van der Waals surface area contributed by atoms with E-state index >= 15 is 0 Å². The number of morpholine rings is 1. The number of benzene rings is 1. The third-order valence-corrected chi connectivity index (χ3v) is 5.88. The molecule has 136 valence electrons. The van der Waals surface area contributed by atoms with E-state index in [2.05, 4.69) is 9.80 Å². The van der Waals surface area contributed by atoms with Gasteiger partial charge in [-0.2, -0.15) is 0 Å². The van der Waals surface area contributed by atoms with E-state index in [1.807, 2.05) is 13.0 Å². The number of nitrogens with zero attached hydrogens (tertiary/aromatic N) is 2. The van der Waals surface area contributed by atoms with Crippen LogP contribution in [0.4, 0.5) is 4.39 Å². The molecule has 3 aliphatic rings. The van der Waals surface area contributed by atoms with Crippen LogP contribution < -0.4 is 0 Å². The van der Waals surface area contributed by atoms with Crippen molar-refractivity contribution < 1.29 is 13.9 Å². The molecule has 0 unspecified atom stereocenters. The molecule has 2 heterocycles. The van der Waals surface area contributed by atoms with Crippen LogP contribution in [0.15, 0.2) is 24.3 Å². The Morgan fingerprint density at radius 1 is 1.28 bits per heavy atom. The van der Waals surface area contributed by atoms with Gasteiger partial charge in [-0.05, 0) is 56.7 Å². The molecule has 2 aliphatic heterocycles. The Morgan fingerprint density at radius 3 is 2.72 bits per heavy atom. The fraction of sp³-hybridized carbons (Fsp3) is 0.650. The Hall–Kier alpha value is -1.46. The molecule has 4 nitrogen and oxygen atoms in total. The molecule has 4 rings (SSSR count). The van der Waals surface area contributed by atoms with Crippen molar-refractivity contribution in [3.63, 3.8) is 0 Å². The normalized spacial score (nSPS) is 27.0. The highest BCUT2D eigenvalue weighted by Crippen LogP contribution is 2.38. The molecule has 5 heteroatoms. The third-order valence-electron chi connectivity index (χ3n) is 5.88. The number of hydrogen-bond donors (Lipinski definition) is 0. The molecule has 1 amide bonds. The minimum absolute atomic E-state index is 0.161. The van der Waals surface area contributed by atoms with Gasteiger partial charge in [0, 0.05) is 25.7 Å². The zero-order valence-corrected chi connectivity index (χ0v) is 14.9. The van der Waals surface area contributed by atoms with Crippen LogP contribution in [0.2, 0.25) is 0 Å². The first-order chi connectivity index (χ1) is 12.0. The minimum Gasteiger partial charge on any atom is -0.360 e. The Kier molecular flexibility index (Phi) is 4.54. The number of hydrogen-bond acceptors (Lipinski definition) is 3. The minimum atomic E-state index is -0.312. The Bertz CT molecular complexity index is 638. The fourth-order valence-corrected chi connectivity index (χ4v) is 4.22. The predicted molar refractivity (Wildman–Crippen MR) is 93.8 cm³/mol. The van der Waals surface area contributed by atoms with E-state index in [4.69, 9.17) is 4.74 Å². The maximum Gasteiger partial charge on any atom is 0.251 e. The van der Waals surface area contributed by atoms with Gasteiger partial charge < -0.3 is 14.5 Å². The molecular weight excluding hydrogens is 319 g/mol. The van der Waals surface area contributed by atoms with E-state index in [9.17, 15) is 9.18 Å². The Morgan fingerprint density at radius 2 is 2.04 bits per heavy atom. The van der Waals surface area contributed by atoms with E-state index in [0.717, 1.165) is 63.8 Å². The molecule has 1 spiro atoms. The third kappa shape index (κ3) is 3.72. The molecule has 3 fully saturated rings. The molecule has 2 saturated heterocycles. The number of carbonyl (C=O) groups is 1. The van der Waals surface area contributed by atoms with E-state index in [1.54, 1.807) is 12.1 Å². The number of halogens is 1. The summed E-state index contributed by atoms with van der Waals surface area (Å²) in [7, 11) is 0. The summed E-state index contributed by atoms with van der Waals surface area (Å²) in [5.74, 6) is 0.00573. The summed E-state index contributed by atoms with van der Waals surface area (Å²) in [5, 5.41) is 0. The largest absolute Gasteiger partial charge is 0.360 e. The summed E-state index contributed by atoms with van der Waals surface area (Å²) in [6.45, 7) is 5.57. The maximum atomic E-state index is 13.3. The van der Waals surface area contributed by atoms with Gasteiger partial charge in [0.2, 0.25) is 0 Å². The van der Waals surface area contributed by atoms with Gasteiger partial charge in [-0.25, -0.2) is 4.39 Å². The highest BCUT2D eigenvalue weighted by atomic mass is 19.1. The first kappa shape index (κ1) is 17.0. The topological polar surface area (TPSA) is 32.8 Å². The van der Waals surface area contributed by atoms with E-state index in [-0.39, 0.29) is 23.4 Å². The van der Waals surface area contributed by atoms with Crippen molar-refractivity contribution >= 4 is 5.91 Å². The second kappa shape index (κ2) is 6.69. The molecule has 0 N–H and O–H groups in total. The molecule has 1 aromatic carbocycles. The monoisotopic (exact) mass is 346 g/mol. The van der Waals surface area contributed by atoms with Crippen molar-refractivity contribution in [1.82, 2.24) is 9.80 Å².